The van der Waals surface area contributed by atoms with E-state index in [4.69, 9.17) is 9.47 Å². The molecule has 168 valence electrons. The van der Waals surface area contributed by atoms with Gasteiger partial charge in [0.1, 0.15) is 6.61 Å². The first-order valence-electron chi connectivity index (χ1n) is 9.88. The number of aromatic nitrogens is 1. The van der Waals surface area contributed by atoms with Crippen LogP contribution in [0.1, 0.15) is 21.5 Å². The van der Waals surface area contributed by atoms with Gasteiger partial charge in [-0.1, -0.05) is 12.1 Å². The molecule has 0 aliphatic carbocycles. The van der Waals surface area contributed by atoms with Gasteiger partial charge in [0, 0.05) is 18.7 Å². The minimum absolute atomic E-state index is 0.0641. The molecule has 2 N–H and O–H groups in total. The first-order chi connectivity index (χ1) is 15.3. The highest BCUT2D eigenvalue weighted by atomic mass is 32.2. The lowest BCUT2D eigenvalue weighted by atomic mass is 10.1. The number of nitrogens with zero attached hydrogens (tertiary/aromatic N) is 1. The van der Waals surface area contributed by atoms with E-state index in [-0.39, 0.29) is 10.8 Å². The highest BCUT2D eigenvalue weighted by Crippen LogP contribution is 2.22. The molecule has 0 radical (unpaired) electrons. The van der Waals surface area contributed by atoms with E-state index >= 15 is 0 Å². The van der Waals surface area contributed by atoms with Gasteiger partial charge in [-0.25, -0.2) is 13.4 Å². The van der Waals surface area contributed by atoms with Crippen LogP contribution in [0.25, 0.3) is 0 Å². The Labute approximate surface area is 187 Å². The summed E-state index contributed by atoms with van der Waals surface area (Å²) in [6, 6.07) is 14.4. The van der Waals surface area contributed by atoms with Crippen molar-refractivity contribution in [3.8, 4) is 5.88 Å². The molecule has 1 aromatic heterocycles. The van der Waals surface area contributed by atoms with Crippen molar-refractivity contribution in [2.45, 2.75) is 18.7 Å². The van der Waals surface area contributed by atoms with Crippen molar-refractivity contribution in [2.24, 2.45) is 0 Å². The van der Waals surface area contributed by atoms with Crippen LogP contribution in [0.3, 0.4) is 0 Å². The standard InChI is InChI=1S/C23H25N3O5S/c1-16-5-4-6-21(17(16)2)26-32(28,29)20-10-7-18(8-11-20)23(27)25-19-9-12-22(24-15-19)31-14-13-30-3/h4-12,15,26H,13-14H2,1-3H3,(H,25,27). The molecule has 1 amide bonds. The smallest absolute Gasteiger partial charge is 0.261 e. The third-order valence-electron chi connectivity index (χ3n) is 4.81. The van der Waals surface area contributed by atoms with Crippen molar-refractivity contribution in [3.63, 3.8) is 0 Å². The van der Waals surface area contributed by atoms with E-state index in [2.05, 4.69) is 15.0 Å². The van der Waals surface area contributed by atoms with Gasteiger partial charge in [0.2, 0.25) is 5.88 Å². The van der Waals surface area contributed by atoms with Crippen molar-refractivity contribution < 1.29 is 22.7 Å². The van der Waals surface area contributed by atoms with E-state index < -0.39 is 10.0 Å². The van der Waals surface area contributed by atoms with Crippen molar-refractivity contribution in [1.29, 1.82) is 0 Å². The molecule has 32 heavy (non-hydrogen) atoms. The van der Waals surface area contributed by atoms with Crippen LogP contribution in [0.5, 0.6) is 5.88 Å². The number of anilines is 2. The summed E-state index contributed by atoms with van der Waals surface area (Å²) in [6.45, 7) is 4.60. The fourth-order valence-electron chi connectivity index (χ4n) is 2.82. The van der Waals surface area contributed by atoms with Crippen LogP contribution in [-0.4, -0.2) is 39.6 Å². The summed E-state index contributed by atoms with van der Waals surface area (Å²) in [5, 5.41) is 2.72. The number of methoxy groups -OCH3 is 1. The van der Waals surface area contributed by atoms with Crippen LogP contribution in [0, 0.1) is 13.8 Å². The van der Waals surface area contributed by atoms with E-state index in [0.29, 0.717) is 36.0 Å². The maximum absolute atomic E-state index is 12.7. The number of benzene rings is 2. The largest absolute Gasteiger partial charge is 0.475 e. The number of rotatable bonds is 9. The van der Waals surface area contributed by atoms with E-state index in [9.17, 15) is 13.2 Å². The normalized spacial score (nSPS) is 11.1. The molecule has 3 rings (SSSR count). The topological polar surface area (TPSA) is 107 Å². The van der Waals surface area contributed by atoms with E-state index in [1.807, 2.05) is 19.9 Å². The lowest BCUT2D eigenvalue weighted by Crippen LogP contribution is -2.15. The van der Waals surface area contributed by atoms with E-state index in [1.165, 1.54) is 30.5 Å². The highest BCUT2D eigenvalue weighted by Gasteiger charge is 2.17. The molecular weight excluding hydrogens is 430 g/mol. The molecule has 3 aromatic rings. The van der Waals surface area contributed by atoms with Gasteiger partial charge >= 0.3 is 0 Å². The summed E-state index contributed by atoms with van der Waals surface area (Å²) in [5.41, 5.74) is 3.17. The minimum Gasteiger partial charge on any atom is -0.475 e. The van der Waals surface area contributed by atoms with Crippen LogP contribution >= 0.6 is 0 Å². The van der Waals surface area contributed by atoms with Crippen LogP contribution in [-0.2, 0) is 14.8 Å². The minimum atomic E-state index is -3.78. The molecule has 0 saturated carbocycles. The Hall–Kier alpha value is -3.43. The summed E-state index contributed by atoms with van der Waals surface area (Å²) in [6.07, 6.45) is 1.48. The number of amides is 1. The molecular formula is C23H25N3O5S. The molecule has 1 heterocycles. The fraction of sp³-hybridized carbons (Fsp3) is 0.217. The zero-order valence-corrected chi connectivity index (χ0v) is 18.9. The lowest BCUT2D eigenvalue weighted by Gasteiger charge is -2.12. The monoisotopic (exact) mass is 455 g/mol. The SMILES string of the molecule is COCCOc1ccc(NC(=O)c2ccc(S(=O)(=O)Nc3cccc(C)c3C)cc2)cn1. The number of sulfonamides is 1. The number of carbonyl (C=O) groups excluding carboxylic acids is 1. The van der Waals surface area contributed by atoms with E-state index in [1.54, 1.807) is 31.4 Å². The van der Waals surface area contributed by atoms with Gasteiger partial charge in [0.15, 0.2) is 0 Å². The third-order valence-corrected chi connectivity index (χ3v) is 6.19. The molecule has 8 nitrogen and oxygen atoms in total. The molecule has 0 spiro atoms. The zero-order chi connectivity index (χ0) is 23.1. The molecule has 0 fully saturated rings. The van der Waals surface area contributed by atoms with Gasteiger partial charge in [-0.15, -0.1) is 0 Å². The Bertz CT molecular complexity index is 1180. The second-order valence-corrected chi connectivity index (χ2v) is 8.74. The average molecular weight is 456 g/mol. The van der Waals surface area contributed by atoms with Gasteiger partial charge in [0.25, 0.3) is 15.9 Å². The first kappa shape index (κ1) is 23.2. The predicted octanol–water partition coefficient (Wildman–Crippen LogP) is 3.78. The molecule has 0 aliphatic heterocycles. The Morgan fingerprint density at radius 2 is 1.75 bits per heavy atom. The Morgan fingerprint density at radius 3 is 2.41 bits per heavy atom. The maximum atomic E-state index is 12.7. The van der Waals surface area contributed by atoms with Crippen LogP contribution in [0.2, 0.25) is 0 Å². The number of hydrogen-bond donors (Lipinski definition) is 2. The molecule has 0 unspecified atom stereocenters. The van der Waals surface area contributed by atoms with Crippen LogP contribution in [0.15, 0.2) is 65.7 Å². The lowest BCUT2D eigenvalue weighted by molar-refractivity contribution is 0.102. The Kier molecular flexibility index (Phi) is 7.45. The van der Waals surface area contributed by atoms with Crippen molar-refractivity contribution in [3.05, 3.63) is 77.5 Å². The zero-order valence-electron chi connectivity index (χ0n) is 18.1. The molecule has 0 atom stereocenters. The van der Waals surface area contributed by atoms with Crippen LogP contribution < -0.4 is 14.8 Å². The van der Waals surface area contributed by atoms with Gasteiger partial charge in [-0.3, -0.25) is 9.52 Å². The molecule has 9 heteroatoms. The number of nitrogens with one attached hydrogen (secondary N) is 2. The molecule has 2 aromatic carbocycles. The van der Waals surface area contributed by atoms with Gasteiger partial charge in [-0.2, -0.15) is 0 Å². The predicted molar refractivity (Wildman–Crippen MR) is 123 cm³/mol. The number of aryl methyl sites for hydroxylation is 1. The third kappa shape index (κ3) is 5.83. The Morgan fingerprint density at radius 1 is 1.00 bits per heavy atom. The van der Waals surface area contributed by atoms with Gasteiger partial charge in [0.05, 0.1) is 29.1 Å². The summed E-state index contributed by atoms with van der Waals surface area (Å²) in [7, 11) is -2.20. The quantitative estimate of drug-likeness (QED) is 0.476. The summed E-state index contributed by atoms with van der Waals surface area (Å²) in [4.78, 5) is 16.7. The van der Waals surface area contributed by atoms with Gasteiger partial charge < -0.3 is 14.8 Å². The molecule has 0 bridgehead atoms. The van der Waals surface area contributed by atoms with Gasteiger partial charge in [-0.05, 0) is 61.4 Å². The van der Waals surface area contributed by atoms with E-state index in [0.717, 1.165) is 11.1 Å². The maximum Gasteiger partial charge on any atom is 0.261 e. The number of ether oxygens (including phenoxy) is 2. The average Bonchev–Trinajstić information content (AvgIpc) is 2.78. The summed E-state index contributed by atoms with van der Waals surface area (Å²) in [5.74, 6) is 0.0391. The second-order valence-electron chi connectivity index (χ2n) is 7.06. The first-order valence-corrected chi connectivity index (χ1v) is 11.4. The summed E-state index contributed by atoms with van der Waals surface area (Å²) >= 11 is 0. The number of hydrogen-bond acceptors (Lipinski definition) is 6. The molecule has 0 saturated heterocycles. The van der Waals surface area contributed by atoms with Crippen LogP contribution in [0.4, 0.5) is 11.4 Å². The van der Waals surface area contributed by atoms with Crippen molar-refractivity contribution in [2.75, 3.05) is 30.4 Å². The molecule has 0 aliphatic rings. The fourth-order valence-corrected chi connectivity index (χ4v) is 3.95. The number of pyridine rings is 1. The van der Waals surface area contributed by atoms with Crippen molar-refractivity contribution >= 4 is 27.3 Å². The number of carbonyl (C=O) groups is 1. The Balaban J connectivity index is 1.65. The second kappa shape index (κ2) is 10.3. The highest BCUT2D eigenvalue weighted by molar-refractivity contribution is 7.92. The summed E-state index contributed by atoms with van der Waals surface area (Å²) < 4.78 is 38.3. The van der Waals surface area contributed by atoms with Crippen molar-refractivity contribution in [1.82, 2.24) is 4.98 Å².